The zero-order valence-corrected chi connectivity index (χ0v) is 16.4. The molecule has 0 aliphatic rings. The first-order chi connectivity index (χ1) is 11.7. The van der Waals surface area contributed by atoms with Crippen LogP contribution >= 0.6 is 7.26 Å². The molecule has 1 amide bonds. The van der Waals surface area contributed by atoms with Crippen LogP contribution in [0.4, 0.5) is 0 Å². The van der Waals surface area contributed by atoms with E-state index >= 15 is 0 Å². The summed E-state index contributed by atoms with van der Waals surface area (Å²) in [6, 6.07) is 31.6. The van der Waals surface area contributed by atoms with E-state index in [0.29, 0.717) is 6.42 Å². The highest BCUT2D eigenvalue weighted by molar-refractivity contribution is 7.95. The molecule has 0 radical (unpaired) electrons. The number of hydrogen-bond acceptors (Lipinski definition) is 1. The summed E-state index contributed by atoms with van der Waals surface area (Å²) in [7, 11) is -1.91. The molecule has 0 spiro atoms. The Balaban J connectivity index is 0.00000225. The van der Waals surface area contributed by atoms with Gasteiger partial charge in [-0.2, -0.15) is 0 Å². The molecule has 0 bridgehead atoms. The average molecular weight is 414 g/mol. The van der Waals surface area contributed by atoms with Gasteiger partial charge in [0.15, 0.2) is 0 Å². The summed E-state index contributed by atoms with van der Waals surface area (Å²) in [5.74, 6) is -0.248. The minimum absolute atomic E-state index is 0. The van der Waals surface area contributed by atoms with Crippen molar-refractivity contribution < 1.29 is 21.8 Å². The maximum atomic E-state index is 11.6. The Morgan fingerprint density at radius 2 is 1.00 bits per heavy atom. The standard InChI is InChI=1S/C21H20NOP.BrH/c22-21(23)16-17-24(18-10-4-1-5-11-18,19-12-6-2-7-13-19)20-14-8-3-9-15-20;/h1-15H,16-17H2,(H-,22,23);1H. The van der Waals surface area contributed by atoms with Gasteiger partial charge in [0.05, 0.1) is 12.6 Å². The quantitative estimate of drug-likeness (QED) is 0.561. The van der Waals surface area contributed by atoms with Crippen LogP contribution in [-0.2, 0) is 4.79 Å². The Bertz CT molecular complexity index is 697. The second kappa shape index (κ2) is 8.94. The third kappa shape index (κ3) is 4.18. The lowest BCUT2D eigenvalue weighted by atomic mass is 10.3. The molecule has 3 aromatic carbocycles. The molecule has 3 rings (SSSR count). The molecule has 0 heterocycles. The first-order valence-electron chi connectivity index (χ1n) is 8.07. The van der Waals surface area contributed by atoms with Gasteiger partial charge in [-0.3, -0.25) is 4.79 Å². The lowest BCUT2D eigenvalue weighted by molar-refractivity contribution is -0.117. The van der Waals surface area contributed by atoms with Crippen LogP contribution in [0.15, 0.2) is 91.0 Å². The van der Waals surface area contributed by atoms with E-state index in [9.17, 15) is 4.79 Å². The highest BCUT2D eigenvalue weighted by Crippen LogP contribution is 2.55. The minimum atomic E-state index is -1.91. The Kier molecular flexibility index (Phi) is 6.92. The Labute approximate surface area is 160 Å². The van der Waals surface area contributed by atoms with Crippen LogP contribution in [0.2, 0.25) is 0 Å². The van der Waals surface area contributed by atoms with E-state index in [4.69, 9.17) is 5.73 Å². The lowest BCUT2D eigenvalue weighted by Gasteiger charge is -2.27. The number of primary amides is 1. The van der Waals surface area contributed by atoms with Gasteiger partial charge in [0.2, 0.25) is 5.91 Å². The van der Waals surface area contributed by atoms with Crippen LogP contribution in [0, 0.1) is 0 Å². The largest absolute Gasteiger partial charge is 1.00 e. The summed E-state index contributed by atoms with van der Waals surface area (Å²) in [5, 5.41) is 3.84. The van der Waals surface area contributed by atoms with Crippen LogP contribution in [0.3, 0.4) is 0 Å². The Hall–Kier alpha value is -1.96. The number of benzene rings is 3. The molecule has 0 fully saturated rings. The van der Waals surface area contributed by atoms with Gasteiger partial charge in [-0.05, 0) is 36.4 Å². The highest BCUT2D eigenvalue weighted by atomic mass is 79.9. The van der Waals surface area contributed by atoms with E-state index in [-0.39, 0.29) is 22.9 Å². The molecule has 2 nitrogen and oxygen atoms in total. The van der Waals surface area contributed by atoms with Crippen molar-refractivity contribution in [2.45, 2.75) is 6.42 Å². The van der Waals surface area contributed by atoms with Crippen molar-refractivity contribution in [1.82, 2.24) is 0 Å². The number of hydrogen-bond donors (Lipinski definition) is 1. The average Bonchev–Trinajstić information content (AvgIpc) is 2.65. The second-order valence-corrected chi connectivity index (χ2v) is 9.37. The van der Waals surface area contributed by atoms with Crippen molar-refractivity contribution in [1.29, 1.82) is 0 Å². The van der Waals surface area contributed by atoms with Crippen molar-refractivity contribution in [3.63, 3.8) is 0 Å². The number of carbonyl (C=O) groups excluding carboxylic acids is 1. The molecule has 3 aromatic rings. The third-order valence-electron chi connectivity index (χ3n) is 4.28. The SMILES string of the molecule is NC(=O)CC[P+](c1ccccc1)(c1ccccc1)c1ccccc1.[Br-]. The van der Waals surface area contributed by atoms with Gasteiger partial charge in [0.25, 0.3) is 0 Å². The highest BCUT2D eigenvalue weighted by Gasteiger charge is 2.44. The maximum absolute atomic E-state index is 11.6. The fourth-order valence-corrected chi connectivity index (χ4v) is 7.43. The number of nitrogens with two attached hydrogens (primary N) is 1. The molecule has 0 aromatic heterocycles. The minimum Gasteiger partial charge on any atom is -1.00 e. The van der Waals surface area contributed by atoms with E-state index < -0.39 is 7.26 Å². The predicted octanol–water partition coefficient (Wildman–Crippen LogP) is -0.140. The van der Waals surface area contributed by atoms with Gasteiger partial charge in [-0.25, -0.2) is 0 Å². The van der Waals surface area contributed by atoms with Crippen LogP contribution < -0.4 is 38.6 Å². The van der Waals surface area contributed by atoms with Crippen LogP contribution in [0.5, 0.6) is 0 Å². The third-order valence-corrected chi connectivity index (χ3v) is 8.72. The Morgan fingerprint density at radius 3 is 1.28 bits per heavy atom. The second-order valence-electron chi connectivity index (χ2n) is 5.76. The van der Waals surface area contributed by atoms with Crippen molar-refractivity contribution in [2.75, 3.05) is 6.16 Å². The molecule has 0 unspecified atom stereocenters. The molecular weight excluding hydrogens is 393 g/mol. The van der Waals surface area contributed by atoms with E-state index in [0.717, 1.165) is 6.16 Å². The maximum Gasteiger partial charge on any atom is 0.221 e. The van der Waals surface area contributed by atoms with E-state index in [1.54, 1.807) is 0 Å². The molecule has 0 aliphatic carbocycles. The molecule has 0 saturated heterocycles. The summed E-state index contributed by atoms with van der Waals surface area (Å²) in [6.07, 6.45) is 1.13. The number of amides is 1. The number of rotatable bonds is 6. The first kappa shape index (κ1) is 19.4. The van der Waals surface area contributed by atoms with Crippen molar-refractivity contribution >= 4 is 29.1 Å². The lowest BCUT2D eigenvalue weighted by Crippen LogP contribution is -3.00. The van der Waals surface area contributed by atoms with Crippen LogP contribution in [0.25, 0.3) is 0 Å². The van der Waals surface area contributed by atoms with Gasteiger partial charge in [0.1, 0.15) is 23.2 Å². The summed E-state index contributed by atoms with van der Waals surface area (Å²) in [6.45, 7) is 0. The van der Waals surface area contributed by atoms with Gasteiger partial charge >= 0.3 is 0 Å². The molecule has 4 heteroatoms. The smallest absolute Gasteiger partial charge is 0.221 e. The molecular formula is C21H21BrNOP. The van der Waals surface area contributed by atoms with E-state index in [1.807, 2.05) is 18.2 Å². The van der Waals surface area contributed by atoms with Crippen molar-refractivity contribution in [3.8, 4) is 0 Å². The predicted molar refractivity (Wildman–Crippen MR) is 104 cm³/mol. The molecule has 0 saturated carbocycles. The number of carbonyl (C=O) groups is 1. The van der Waals surface area contributed by atoms with E-state index in [2.05, 4.69) is 72.8 Å². The van der Waals surface area contributed by atoms with E-state index in [1.165, 1.54) is 15.9 Å². The fraction of sp³-hybridized carbons (Fsp3) is 0.0952. The summed E-state index contributed by atoms with van der Waals surface area (Å²) >= 11 is 0. The van der Waals surface area contributed by atoms with Gasteiger partial charge in [-0.1, -0.05) is 54.6 Å². The zero-order chi connectivity index (χ0) is 16.8. The summed E-state index contributed by atoms with van der Waals surface area (Å²) in [5.41, 5.74) is 5.51. The van der Waals surface area contributed by atoms with Crippen molar-refractivity contribution in [2.24, 2.45) is 5.73 Å². The normalized spacial score (nSPS) is 10.7. The Morgan fingerprint density at radius 1 is 0.680 bits per heavy atom. The summed E-state index contributed by atoms with van der Waals surface area (Å²) in [4.78, 5) is 11.6. The topological polar surface area (TPSA) is 43.1 Å². The van der Waals surface area contributed by atoms with Crippen LogP contribution in [-0.4, -0.2) is 12.1 Å². The van der Waals surface area contributed by atoms with Gasteiger partial charge < -0.3 is 22.7 Å². The van der Waals surface area contributed by atoms with Crippen molar-refractivity contribution in [3.05, 3.63) is 91.0 Å². The number of halogens is 1. The monoisotopic (exact) mass is 413 g/mol. The molecule has 2 N–H and O–H groups in total. The molecule has 0 atom stereocenters. The van der Waals surface area contributed by atoms with Crippen LogP contribution in [0.1, 0.15) is 6.42 Å². The molecule has 0 aliphatic heterocycles. The van der Waals surface area contributed by atoms with Gasteiger partial charge in [0, 0.05) is 0 Å². The zero-order valence-electron chi connectivity index (χ0n) is 13.9. The summed E-state index contributed by atoms with van der Waals surface area (Å²) < 4.78 is 0. The molecule has 25 heavy (non-hydrogen) atoms. The fourth-order valence-electron chi connectivity index (χ4n) is 3.16. The van der Waals surface area contributed by atoms with Gasteiger partial charge in [-0.15, -0.1) is 0 Å². The first-order valence-corrected chi connectivity index (χ1v) is 10.0. The molecule has 128 valence electrons.